The third-order valence-electron chi connectivity index (χ3n) is 4.33. The second kappa shape index (κ2) is 6.16. The number of hydrogen-bond donors (Lipinski definition) is 0. The molecule has 0 spiro atoms. The molecule has 0 fully saturated rings. The van der Waals surface area contributed by atoms with Crippen LogP contribution in [0.5, 0.6) is 0 Å². The van der Waals surface area contributed by atoms with Gasteiger partial charge in [-0.3, -0.25) is 0 Å². The predicted octanol–water partition coefficient (Wildman–Crippen LogP) is 2.67. The highest BCUT2D eigenvalue weighted by molar-refractivity contribution is 6.04. The van der Waals surface area contributed by atoms with Crippen LogP contribution in [0.3, 0.4) is 0 Å². The molecule has 7 heteroatoms. The molecule has 128 valence electrons. The van der Waals surface area contributed by atoms with Gasteiger partial charge in [-0.1, -0.05) is 29.4 Å². The molecule has 0 bridgehead atoms. The van der Waals surface area contributed by atoms with Crippen LogP contribution in [0.4, 0.5) is 5.82 Å². The maximum Gasteiger partial charge on any atom is 0.361 e. The number of ether oxygens (including phenoxy) is 1. The minimum atomic E-state index is -0.521. The van der Waals surface area contributed by atoms with Gasteiger partial charge in [0.15, 0.2) is 0 Å². The zero-order chi connectivity index (χ0) is 17.4. The van der Waals surface area contributed by atoms with E-state index in [4.69, 9.17) is 9.26 Å². The maximum absolute atomic E-state index is 12.2. The molecule has 2 aromatic heterocycles. The summed E-state index contributed by atoms with van der Waals surface area (Å²) in [5.41, 5.74) is 3.04. The minimum absolute atomic E-state index is 0.130. The average molecular weight is 338 g/mol. The van der Waals surface area contributed by atoms with Crippen molar-refractivity contribution in [3.05, 3.63) is 46.9 Å². The molecule has 3 aromatic rings. The Hall–Kier alpha value is -2.96. The highest BCUT2D eigenvalue weighted by atomic mass is 16.5. The topological polar surface area (TPSA) is 81.3 Å². The van der Waals surface area contributed by atoms with Crippen LogP contribution in [0.15, 0.2) is 28.8 Å². The quantitative estimate of drug-likeness (QED) is 0.679. The number of hydrogen-bond acceptors (Lipinski definition) is 7. The van der Waals surface area contributed by atoms with Crippen LogP contribution in [0, 0.1) is 6.92 Å². The van der Waals surface area contributed by atoms with Crippen molar-refractivity contribution >= 4 is 22.9 Å². The van der Waals surface area contributed by atoms with Gasteiger partial charge >= 0.3 is 5.97 Å². The summed E-state index contributed by atoms with van der Waals surface area (Å²) in [6, 6.07) is 8.36. The number of anilines is 1. The lowest BCUT2D eigenvalue weighted by molar-refractivity contribution is 0.0517. The molecule has 3 heterocycles. The second-order valence-electron chi connectivity index (χ2n) is 5.97. The monoisotopic (exact) mass is 338 g/mol. The molecule has 0 saturated carbocycles. The van der Waals surface area contributed by atoms with Gasteiger partial charge in [-0.15, -0.1) is 0 Å². The van der Waals surface area contributed by atoms with Gasteiger partial charge in [-0.25, -0.2) is 9.78 Å². The number of benzene rings is 1. The van der Waals surface area contributed by atoms with Crippen molar-refractivity contribution in [3.8, 4) is 0 Å². The number of rotatable bonds is 3. The fraction of sp³-hybridized carbons (Fsp3) is 0.333. The molecular formula is C18H18N4O3. The number of esters is 1. The molecular weight excluding hydrogens is 320 g/mol. The summed E-state index contributed by atoms with van der Waals surface area (Å²) in [7, 11) is 0. The normalized spacial score (nSPS) is 13.8. The third kappa shape index (κ3) is 2.71. The molecule has 0 aliphatic carbocycles. The fourth-order valence-electron chi connectivity index (χ4n) is 3.18. The molecule has 25 heavy (non-hydrogen) atoms. The Balaban J connectivity index is 1.81. The number of fused-ring (bicyclic) bond motifs is 2. The van der Waals surface area contributed by atoms with Gasteiger partial charge in [0.1, 0.15) is 17.0 Å². The van der Waals surface area contributed by atoms with Crippen LogP contribution in [0.2, 0.25) is 0 Å². The van der Waals surface area contributed by atoms with Crippen LogP contribution >= 0.6 is 0 Å². The van der Waals surface area contributed by atoms with E-state index < -0.39 is 5.97 Å². The van der Waals surface area contributed by atoms with E-state index in [0.29, 0.717) is 22.7 Å². The van der Waals surface area contributed by atoms with Gasteiger partial charge in [0.25, 0.3) is 5.71 Å². The number of aryl methyl sites for hydroxylation is 1. The molecule has 0 atom stereocenters. The van der Waals surface area contributed by atoms with Gasteiger partial charge in [0.2, 0.25) is 5.69 Å². The molecule has 7 nitrogen and oxygen atoms in total. The molecule has 0 N–H and O–H groups in total. The first kappa shape index (κ1) is 15.6. The second-order valence-corrected chi connectivity index (χ2v) is 5.97. The van der Waals surface area contributed by atoms with E-state index in [1.54, 1.807) is 13.8 Å². The van der Waals surface area contributed by atoms with Gasteiger partial charge in [0, 0.05) is 13.1 Å². The van der Waals surface area contributed by atoms with E-state index in [2.05, 4.69) is 38.2 Å². The SMILES string of the molecule is CCOC(=O)c1noc2nc(C)nc(N3CCc4ccccc4C3)c12. The molecule has 1 aliphatic heterocycles. The van der Waals surface area contributed by atoms with Crippen molar-refractivity contribution in [1.29, 1.82) is 0 Å². The molecule has 0 saturated heterocycles. The summed E-state index contributed by atoms with van der Waals surface area (Å²) < 4.78 is 10.4. The summed E-state index contributed by atoms with van der Waals surface area (Å²) >= 11 is 0. The Labute approximate surface area is 144 Å². The highest BCUT2D eigenvalue weighted by Gasteiger charge is 2.27. The molecule has 0 radical (unpaired) electrons. The lowest BCUT2D eigenvalue weighted by Crippen LogP contribution is -2.31. The van der Waals surface area contributed by atoms with Crippen LogP contribution < -0.4 is 4.90 Å². The number of carbonyl (C=O) groups excluding carboxylic acids is 1. The largest absolute Gasteiger partial charge is 0.461 e. The number of nitrogens with zero attached hydrogens (tertiary/aromatic N) is 4. The zero-order valence-electron chi connectivity index (χ0n) is 14.2. The van der Waals surface area contributed by atoms with Gasteiger partial charge in [0.05, 0.1) is 6.61 Å². The fourth-order valence-corrected chi connectivity index (χ4v) is 3.18. The van der Waals surface area contributed by atoms with Crippen molar-refractivity contribution in [2.24, 2.45) is 0 Å². The van der Waals surface area contributed by atoms with E-state index in [1.807, 2.05) is 6.07 Å². The van der Waals surface area contributed by atoms with Gasteiger partial charge in [-0.2, -0.15) is 4.98 Å². The number of aromatic nitrogens is 3. The highest BCUT2D eigenvalue weighted by Crippen LogP contribution is 2.31. The molecule has 1 aliphatic rings. The lowest BCUT2D eigenvalue weighted by Gasteiger charge is -2.30. The minimum Gasteiger partial charge on any atom is -0.461 e. The summed E-state index contributed by atoms with van der Waals surface area (Å²) in [5.74, 6) is 0.724. The smallest absolute Gasteiger partial charge is 0.361 e. The van der Waals surface area contributed by atoms with Crippen molar-refractivity contribution in [1.82, 2.24) is 15.1 Å². The van der Waals surface area contributed by atoms with Crippen LogP contribution in [-0.4, -0.2) is 34.2 Å². The third-order valence-corrected chi connectivity index (χ3v) is 4.33. The summed E-state index contributed by atoms with van der Waals surface area (Å²) in [6.07, 6.45) is 0.917. The van der Waals surface area contributed by atoms with E-state index in [-0.39, 0.29) is 12.3 Å². The van der Waals surface area contributed by atoms with E-state index in [0.717, 1.165) is 19.5 Å². The van der Waals surface area contributed by atoms with E-state index >= 15 is 0 Å². The maximum atomic E-state index is 12.2. The van der Waals surface area contributed by atoms with E-state index in [9.17, 15) is 4.79 Å². The van der Waals surface area contributed by atoms with Crippen molar-refractivity contribution in [3.63, 3.8) is 0 Å². The van der Waals surface area contributed by atoms with Gasteiger partial charge in [-0.05, 0) is 31.4 Å². The van der Waals surface area contributed by atoms with Crippen LogP contribution in [0.1, 0.15) is 34.4 Å². The number of carbonyl (C=O) groups is 1. The summed E-state index contributed by atoms with van der Waals surface area (Å²) in [4.78, 5) is 23.2. The average Bonchev–Trinajstić information content (AvgIpc) is 3.04. The Bertz CT molecular complexity index is 951. The van der Waals surface area contributed by atoms with E-state index in [1.165, 1.54) is 11.1 Å². The lowest BCUT2D eigenvalue weighted by atomic mass is 10.00. The first-order valence-corrected chi connectivity index (χ1v) is 8.30. The molecule has 0 unspecified atom stereocenters. The Morgan fingerprint density at radius 1 is 1.28 bits per heavy atom. The standard InChI is InChI=1S/C18H18N4O3/c1-3-24-18(23)15-14-16(19-11(2)20-17(14)25-21-15)22-9-8-12-6-4-5-7-13(12)10-22/h4-7H,3,8-10H2,1-2H3. The Morgan fingerprint density at radius 3 is 2.88 bits per heavy atom. The zero-order valence-corrected chi connectivity index (χ0v) is 14.2. The van der Waals surface area contributed by atoms with Crippen molar-refractivity contribution in [2.75, 3.05) is 18.1 Å². The molecule has 4 rings (SSSR count). The first-order valence-electron chi connectivity index (χ1n) is 8.30. The summed E-state index contributed by atoms with van der Waals surface area (Å²) in [5, 5.41) is 4.39. The first-order chi connectivity index (χ1) is 12.2. The molecule has 0 amide bonds. The van der Waals surface area contributed by atoms with Crippen molar-refractivity contribution in [2.45, 2.75) is 26.8 Å². The predicted molar refractivity (Wildman–Crippen MR) is 91.5 cm³/mol. The Kier molecular flexibility index (Phi) is 3.83. The Morgan fingerprint density at radius 2 is 2.08 bits per heavy atom. The summed E-state index contributed by atoms with van der Waals surface area (Å²) in [6.45, 7) is 5.34. The van der Waals surface area contributed by atoms with Crippen LogP contribution in [-0.2, 0) is 17.7 Å². The van der Waals surface area contributed by atoms with Crippen LogP contribution in [0.25, 0.3) is 11.1 Å². The van der Waals surface area contributed by atoms with Crippen molar-refractivity contribution < 1.29 is 14.1 Å². The molecule has 1 aromatic carbocycles. The van der Waals surface area contributed by atoms with Gasteiger partial charge < -0.3 is 14.2 Å².